The van der Waals surface area contributed by atoms with Gasteiger partial charge in [0.1, 0.15) is 24.2 Å². The molecule has 0 saturated heterocycles. The summed E-state index contributed by atoms with van der Waals surface area (Å²) < 4.78 is 72.9. The molecule has 0 spiro atoms. The SMILES string of the molecule is COc1ccc(CS(=O)(=O)CC(O)COc2cc(C(F)(F)F)n(C)n2)cc1. The number of aryl methyl sites for hydroxylation is 1. The zero-order valence-electron chi connectivity index (χ0n) is 14.6. The average Bonchev–Trinajstić information content (AvgIpc) is 2.94. The molecule has 0 amide bonds. The molecule has 2 aromatic rings. The maximum atomic E-state index is 12.7. The van der Waals surface area contributed by atoms with Crippen molar-refractivity contribution in [2.75, 3.05) is 19.5 Å². The van der Waals surface area contributed by atoms with Crippen LogP contribution in [0.2, 0.25) is 0 Å². The number of ether oxygens (including phenoxy) is 2. The fraction of sp³-hybridized carbons (Fsp3) is 0.438. The number of methoxy groups -OCH3 is 1. The lowest BCUT2D eigenvalue weighted by Gasteiger charge is -2.12. The molecule has 1 heterocycles. The van der Waals surface area contributed by atoms with Crippen molar-refractivity contribution in [2.24, 2.45) is 7.05 Å². The van der Waals surface area contributed by atoms with Crippen molar-refractivity contribution in [1.82, 2.24) is 9.78 Å². The second kappa shape index (κ2) is 8.17. The first-order valence-electron chi connectivity index (χ1n) is 7.75. The van der Waals surface area contributed by atoms with Crippen LogP contribution in [0.5, 0.6) is 11.6 Å². The second-order valence-electron chi connectivity index (χ2n) is 5.86. The predicted octanol–water partition coefficient (Wildman–Crippen LogP) is 1.80. The van der Waals surface area contributed by atoms with Crippen LogP contribution in [0.25, 0.3) is 0 Å². The molecule has 0 saturated carbocycles. The molecule has 150 valence electrons. The molecule has 11 heteroatoms. The minimum absolute atomic E-state index is 0.296. The van der Waals surface area contributed by atoms with Gasteiger partial charge >= 0.3 is 6.18 Å². The Labute approximate surface area is 154 Å². The van der Waals surface area contributed by atoms with E-state index in [2.05, 4.69) is 5.10 Å². The highest BCUT2D eigenvalue weighted by molar-refractivity contribution is 7.90. The summed E-state index contributed by atoms with van der Waals surface area (Å²) >= 11 is 0. The highest BCUT2D eigenvalue weighted by Crippen LogP contribution is 2.30. The van der Waals surface area contributed by atoms with E-state index in [1.807, 2.05) is 0 Å². The normalized spacial score (nSPS) is 13.4. The summed E-state index contributed by atoms with van der Waals surface area (Å²) in [5.41, 5.74) is -0.498. The Kier molecular flexibility index (Phi) is 6.37. The lowest BCUT2D eigenvalue weighted by atomic mass is 10.2. The van der Waals surface area contributed by atoms with Gasteiger partial charge < -0.3 is 14.6 Å². The second-order valence-corrected chi connectivity index (χ2v) is 7.97. The number of hydrogen-bond acceptors (Lipinski definition) is 6. The van der Waals surface area contributed by atoms with E-state index in [1.54, 1.807) is 24.3 Å². The van der Waals surface area contributed by atoms with Crippen LogP contribution in [-0.4, -0.2) is 48.9 Å². The van der Waals surface area contributed by atoms with E-state index >= 15 is 0 Å². The van der Waals surface area contributed by atoms with E-state index < -0.39 is 40.2 Å². The van der Waals surface area contributed by atoms with Crippen LogP contribution in [0, 0.1) is 0 Å². The van der Waals surface area contributed by atoms with Gasteiger partial charge in [0.2, 0.25) is 5.88 Å². The third-order valence-electron chi connectivity index (χ3n) is 3.56. The van der Waals surface area contributed by atoms with Crippen LogP contribution in [-0.2, 0) is 28.8 Å². The Balaban J connectivity index is 1.91. The molecule has 1 aromatic heterocycles. The summed E-state index contributed by atoms with van der Waals surface area (Å²) in [6, 6.07) is 7.09. The van der Waals surface area contributed by atoms with Gasteiger partial charge in [-0.25, -0.2) is 8.42 Å². The van der Waals surface area contributed by atoms with Crippen LogP contribution in [0.3, 0.4) is 0 Å². The van der Waals surface area contributed by atoms with Crippen LogP contribution in [0.1, 0.15) is 11.3 Å². The van der Waals surface area contributed by atoms with E-state index in [4.69, 9.17) is 9.47 Å². The molecular formula is C16H19F3N2O5S. The summed E-state index contributed by atoms with van der Waals surface area (Å²) in [5, 5.41) is 13.4. The third-order valence-corrected chi connectivity index (χ3v) is 5.23. The van der Waals surface area contributed by atoms with Gasteiger partial charge in [-0.3, -0.25) is 4.68 Å². The number of aromatic nitrogens is 2. The first-order valence-corrected chi connectivity index (χ1v) is 9.58. The molecule has 0 bridgehead atoms. The minimum atomic E-state index is -4.59. The number of nitrogens with zero attached hydrogens (tertiary/aromatic N) is 2. The molecule has 0 aliphatic heterocycles. The van der Waals surface area contributed by atoms with Crippen molar-refractivity contribution >= 4 is 9.84 Å². The Morgan fingerprint density at radius 3 is 2.41 bits per heavy atom. The number of halogens is 3. The lowest BCUT2D eigenvalue weighted by Crippen LogP contribution is -2.28. The molecule has 1 unspecified atom stereocenters. The van der Waals surface area contributed by atoms with Crippen molar-refractivity contribution in [3.63, 3.8) is 0 Å². The minimum Gasteiger partial charge on any atom is -0.497 e. The van der Waals surface area contributed by atoms with E-state index in [9.17, 15) is 26.7 Å². The molecule has 1 aromatic carbocycles. The van der Waals surface area contributed by atoms with Gasteiger partial charge in [-0.2, -0.15) is 13.2 Å². The first-order chi connectivity index (χ1) is 12.5. The molecule has 7 nitrogen and oxygen atoms in total. The number of rotatable bonds is 8. The fourth-order valence-corrected chi connectivity index (χ4v) is 3.83. The van der Waals surface area contributed by atoms with Crippen molar-refractivity contribution in [1.29, 1.82) is 0 Å². The Hall–Kier alpha value is -2.27. The lowest BCUT2D eigenvalue weighted by molar-refractivity contribution is -0.143. The van der Waals surface area contributed by atoms with Gasteiger partial charge in [0.15, 0.2) is 9.84 Å². The van der Waals surface area contributed by atoms with Gasteiger partial charge in [-0.1, -0.05) is 12.1 Å². The average molecular weight is 408 g/mol. The van der Waals surface area contributed by atoms with Crippen LogP contribution < -0.4 is 9.47 Å². The molecule has 0 aliphatic carbocycles. The fourth-order valence-electron chi connectivity index (χ4n) is 2.33. The predicted molar refractivity (Wildman–Crippen MR) is 90.2 cm³/mol. The molecule has 0 fully saturated rings. The summed E-state index contributed by atoms with van der Waals surface area (Å²) in [6.07, 6.45) is -6.01. The highest BCUT2D eigenvalue weighted by atomic mass is 32.2. The van der Waals surface area contributed by atoms with Crippen LogP contribution in [0.15, 0.2) is 30.3 Å². The summed E-state index contributed by atoms with van der Waals surface area (Å²) in [7, 11) is -1.07. The van der Waals surface area contributed by atoms with Gasteiger partial charge in [-0.15, -0.1) is 5.10 Å². The van der Waals surface area contributed by atoms with Gasteiger partial charge in [0.05, 0.1) is 18.6 Å². The van der Waals surface area contributed by atoms with E-state index in [0.29, 0.717) is 22.1 Å². The summed E-state index contributed by atoms with van der Waals surface area (Å²) in [5.74, 6) is -0.664. The number of sulfone groups is 1. The standard InChI is InChI=1S/C16H19F3N2O5S/c1-21-14(16(17,18)19)7-15(20-21)26-8-12(22)10-27(23,24)9-11-3-5-13(25-2)6-4-11/h3-7,12,22H,8-10H2,1-2H3. The monoisotopic (exact) mass is 408 g/mol. The smallest absolute Gasteiger partial charge is 0.433 e. The third kappa shape index (κ3) is 6.14. The van der Waals surface area contributed by atoms with E-state index in [-0.39, 0.29) is 11.6 Å². The maximum absolute atomic E-state index is 12.7. The molecule has 0 radical (unpaired) electrons. The van der Waals surface area contributed by atoms with Crippen molar-refractivity contribution in [3.8, 4) is 11.6 Å². The molecule has 1 atom stereocenters. The zero-order valence-corrected chi connectivity index (χ0v) is 15.4. The largest absolute Gasteiger partial charge is 0.497 e. The molecule has 2 rings (SSSR count). The van der Waals surface area contributed by atoms with Crippen LogP contribution >= 0.6 is 0 Å². The van der Waals surface area contributed by atoms with Crippen molar-refractivity contribution in [3.05, 3.63) is 41.6 Å². The quantitative estimate of drug-likeness (QED) is 0.716. The Bertz CT molecular complexity index is 863. The first kappa shape index (κ1) is 21.0. The number of aliphatic hydroxyl groups is 1. The van der Waals surface area contributed by atoms with Crippen LogP contribution in [0.4, 0.5) is 13.2 Å². The molecular weight excluding hydrogens is 389 g/mol. The van der Waals surface area contributed by atoms with Gasteiger partial charge in [0.25, 0.3) is 0 Å². The summed E-state index contributed by atoms with van der Waals surface area (Å²) in [4.78, 5) is 0. The maximum Gasteiger partial charge on any atom is 0.433 e. The Morgan fingerprint density at radius 2 is 1.89 bits per heavy atom. The van der Waals surface area contributed by atoms with E-state index in [1.165, 1.54) is 7.11 Å². The van der Waals surface area contributed by atoms with Gasteiger partial charge in [-0.05, 0) is 17.7 Å². The molecule has 1 N–H and O–H groups in total. The molecule has 0 aliphatic rings. The van der Waals surface area contributed by atoms with Crippen molar-refractivity contribution < 1.29 is 36.2 Å². The zero-order chi connectivity index (χ0) is 20.2. The molecule has 27 heavy (non-hydrogen) atoms. The topological polar surface area (TPSA) is 90.7 Å². The highest BCUT2D eigenvalue weighted by Gasteiger charge is 2.35. The van der Waals surface area contributed by atoms with Gasteiger partial charge in [0, 0.05) is 13.1 Å². The number of benzene rings is 1. The number of alkyl halides is 3. The number of hydrogen-bond donors (Lipinski definition) is 1. The van der Waals surface area contributed by atoms with E-state index in [0.717, 1.165) is 7.05 Å². The number of aliphatic hydroxyl groups excluding tert-OH is 1. The van der Waals surface area contributed by atoms with Crippen molar-refractivity contribution in [2.45, 2.75) is 18.0 Å². The summed E-state index contributed by atoms with van der Waals surface area (Å²) in [6.45, 7) is -0.504. The Morgan fingerprint density at radius 1 is 1.26 bits per heavy atom.